The van der Waals surface area contributed by atoms with E-state index in [9.17, 15) is 9.59 Å². The fourth-order valence-electron chi connectivity index (χ4n) is 4.85. The molecule has 8 nitrogen and oxygen atoms in total. The predicted molar refractivity (Wildman–Crippen MR) is 120 cm³/mol. The van der Waals surface area contributed by atoms with Crippen LogP contribution in [0.15, 0.2) is 11.6 Å². The average Bonchev–Trinajstić information content (AvgIpc) is 3.47. The Morgan fingerprint density at radius 1 is 1.26 bits per heavy atom. The molecule has 0 aromatic carbocycles. The van der Waals surface area contributed by atoms with E-state index >= 15 is 0 Å². The minimum absolute atomic E-state index is 0.0250. The summed E-state index contributed by atoms with van der Waals surface area (Å²) in [6, 6.07) is 0. The third-order valence-electron chi connectivity index (χ3n) is 6.47. The van der Waals surface area contributed by atoms with Crippen molar-refractivity contribution in [2.75, 3.05) is 33.4 Å². The lowest BCUT2D eigenvalue weighted by atomic mass is 9.61. The number of carbonyl (C=O) groups excluding carboxylic acids is 2. The summed E-state index contributed by atoms with van der Waals surface area (Å²) in [5.74, 6) is -0.0595. The Morgan fingerprint density at radius 3 is 2.52 bits per heavy atom. The fraction of sp³-hybridized carbons (Fsp3) is 0.826. The van der Waals surface area contributed by atoms with E-state index in [-0.39, 0.29) is 41.6 Å². The lowest BCUT2D eigenvalue weighted by Gasteiger charge is -2.48. The van der Waals surface area contributed by atoms with Crippen molar-refractivity contribution in [1.29, 1.82) is 0 Å². The van der Waals surface area contributed by atoms with Gasteiger partial charge in [0.25, 0.3) is 0 Å². The molecule has 0 bridgehead atoms. The molecule has 2 fully saturated rings. The van der Waals surface area contributed by atoms with Crippen LogP contribution in [0.5, 0.6) is 0 Å². The van der Waals surface area contributed by atoms with Crippen LogP contribution in [0.4, 0.5) is 4.79 Å². The summed E-state index contributed by atoms with van der Waals surface area (Å²) in [4.78, 5) is 23.5. The van der Waals surface area contributed by atoms with Crippen molar-refractivity contribution in [1.82, 2.24) is 10.6 Å². The number of nitrogens with two attached hydrogens (primary N) is 1. The second-order valence-electron chi connectivity index (χ2n) is 9.66. The van der Waals surface area contributed by atoms with Gasteiger partial charge in [0.15, 0.2) is 0 Å². The van der Waals surface area contributed by atoms with Crippen LogP contribution in [0.2, 0.25) is 0 Å². The SMILES string of the molecule is COC1C(OC(=O)NCCCNC(=O)CN)CC[C@]2(CO2)C1C(C)(C)CCC=C(C)C. The monoisotopic (exact) mass is 439 g/mol. The molecule has 1 aliphatic heterocycles. The molecule has 2 rings (SSSR count). The molecule has 1 saturated carbocycles. The Kier molecular flexibility index (Phi) is 9.33. The van der Waals surface area contributed by atoms with Crippen molar-refractivity contribution >= 4 is 12.0 Å². The lowest BCUT2D eigenvalue weighted by Crippen LogP contribution is -2.55. The van der Waals surface area contributed by atoms with Gasteiger partial charge in [-0.3, -0.25) is 4.79 Å². The quantitative estimate of drug-likeness (QED) is 0.259. The summed E-state index contributed by atoms with van der Waals surface area (Å²) in [6.45, 7) is 10.4. The number of amides is 2. The van der Waals surface area contributed by atoms with Crippen LogP contribution in [0.3, 0.4) is 0 Å². The van der Waals surface area contributed by atoms with Gasteiger partial charge in [-0.1, -0.05) is 25.5 Å². The van der Waals surface area contributed by atoms with Crippen LogP contribution < -0.4 is 16.4 Å². The number of epoxide rings is 1. The lowest BCUT2D eigenvalue weighted by molar-refractivity contribution is -0.133. The molecule has 178 valence electrons. The van der Waals surface area contributed by atoms with Gasteiger partial charge in [-0.25, -0.2) is 4.79 Å². The van der Waals surface area contributed by atoms with Crippen molar-refractivity contribution in [2.45, 2.75) is 77.6 Å². The van der Waals surface area contributed by atoms with Crippen LogP contribution in [-0.4, -0.2) is 63.2 Å². The number of hydrogen-bond donors (Lipinski definition) is 3. The first-order valence-electron chi connectivity index (χ1n) is 11.4. The highest BCUT2D eigenvalue weighted by Gasteiger charge is 2.63. The van der Waals surface area contributed by atoms with Crippen LogP contribution in [-0.2, 0) is 19.0 Å². The zero-order chi connectivity index (χ0) is 23.1. The van der Waals surface area contributed by atoms with Gasteiger partial charge in [-0.05, 0) is 51.4 Å². The van der Waals surface area contributed by atoms with Crippen molar-refractivity contribution in [3.63, 3.8) is 0 Å². The van der Waals surface area contributed by atoms with Crippen LogP contribution in [0, 0.1) is 11.3 Å². The van der Waals surface area contributed by atoms with E-state index in [1.165, 1.54) is 5.57 Å². The summed E-state index contributed by atoms with van der Waals surface area (Å²) >= 11 is 0. The first kappa shape index (κ1) is 25.6. The van der Waals surface area contributed by atoms with E-state index < -0.39 is 6.09 Å². The molecule has 1 saturated heterocycles. The van der Waals surface area contributed by atoms with Crippen LogP contribution in [0.1, 0.15) is 59.8 Å². The highest BCUT2D eigenvalue weighted by atomic mass is 16.6. The van der Waals surface area contributed by atoms with E-state index in [2.05, 4.69) is 44.4 Å². The Hall–Kier alpha value is -1.64. The molecular formula is C23H41N3O5. The highest BCUT2D eigenvalue weighted by molar-refractivity contribution is 5.77. The van der Waals surface area contributed by atoms with Gasteiger partial charge in [0.2, 0.25) is 5.91 Å². The van der Waals surface area contributed by atoms with Gasteiger partial charge in [-0.15, -0.1) is 0 Å². The van der Waals surface area contributed by atoms with E-state index in [0.717, 1.165) is 32.3 Å². The molecule has 0 aromatic rings. The fourth-order valence-corrected chi connectivity index (χ4v) is 4.85. The highest BCUT2D eigenvalue weighted by Crippen LogP contribution is 2.55. The molecule has 1 heterocycles. The number of nitrogens with one attached hydrogen (secondary N) is 2. The Bertz CT molecular complexity index is 641. The summed E-state index contributed by atoms with van der Waals surface area (Å²) in [5, 5.41) is 5.44. The summed E-state index contributed by atoms with van der Waals surface area (Å²) in [6.07, 6.45) is 5.50. The van der Waals surface area contributed by atoms with Crippen molar-refractivity contribution in [2.24, 2.45) is 17.1 Å². The van der Waals surface area contributed by atoms with Gasteiger partial charge in [0.1, 0.15) is 12.2 Å². The molecule has 0 radical (unpaired) electrons. The summed E-state index contributed by atoms with van der Waals surface area (Å²) < 4.78 is 17.7. The number of hydrogen-bond acceptors (Lipinski definition) is 6. The van der Waals surface area contributed by atoms with Crippen LogP contribution in [0.25, 0.3) is 0 Å². The predicted octanol–water partition coefficient (Wildman–Crippen LogP) is 2.51. The summed E-state index contributed by atoms with van der Waals surface area (Å²) in [7, 11) is 1.69. The largest absolute Gasteiger partial charge is 0.443 e. The Labute approximate surface area is 186 Å². The number of alkyl carbamates (subject to hydrolysis) is 1. The van der Waals surface area contributed by atoms with E-state index in [0.29, 0.717) is 19.5 Å². The summed E-state index contributed by atoms with van der Waals surface area (Å²) in [5.41, 5.74) is 6.38. The molecular weight excluding hydrogens is 398 g/mol. The smallest absolute Gasteiger partial charge is 0.407 e. The maximum atomic E-state index is 12.4. The zero-order valence-electron chi connectivity index (χ0n) is 19.8. The number of ether oxygens (including phenoxy) is 3. The van der Waals surface area contributed by atoms with Gasteiger partial charge < -0.3 is 30.6 Å². The first-order valence-corrected chi connectivity index (χ1v) is 11.4. The van der Waals surface area contributed by atoms with E-state index in [4.69, 9.17) is 19.9 Å². The van der Waals surface area contributed by atoms with Gasteiger partial charge >= 0.3 is 6.09 Å². The molecule has 31 heavy (non-hydrogen) atoms. The maximum Gasteiger partial charge on any atom is 0.407 e. The van der Waals surface area contributed by atoms with Gasteiger partial charge in [0, 0.05) is 26.1 Å². The Balaban J connectivity index is 1.93. The maximum absolute atomic E-state index is 12.4. The average molecular weight is 440 g/mol. The topological polar surface area (TPSA) is 115 Å². The van der Waals surface area contributed by atoms with Gasteiger partial charge in [-0.2, -0.15) is 0 Å². The standard InChI is InChI=1S/C23H41N3O5/c1-16(2)8-6-10-22(3,4)20-19(29-5)17(9-11-23(20)15-30-23)31-21(28)26-13-7-12-25-18(27)14-24/h8,17,19-20H,6-7,9-15,24H2,1-5H3,(H,25,27)(H,26,28)/t17?,19?,20?,23-/m0/s1. The normalized spacial score (nSPS) is 27.5. The molecule has 8 heteroatoms. The second kappa shape index (κ2) is 11.3. The molecule has 3 unspecified atom stereocenters. The van der Waals surface area contributed by atoms with Crippen LogP contribution >= 0.6 is 0 Å². The number of methoxy groups -OCH3 is 1. The minimum atomic E-state index is -0.453. The zero-order valence-corrected chi connectivity index (χ0v) is 19.8. The third kappa shape index (κ3) is 7.19. The van der Waals surface area contributed by atoms with Crippen molar-refractivity contribution in [3.05, 3.63) is 11.6 Å². The first-order chi connectivity index (χ1) is 14.6. The van der Waals surface area contributed by atoms with Gasteiger partial charge in [0.05, 0.1) is 18.8 Å². The molecule has 0 aromatic heterocycles. The Morgan fingerprint density at radius 2 is 1.94 bits per heavy atom. The van der Waals surface area contributed by atoms with E-state index in [1.54, 1.807) is 7.11 Å². The number of rotatable bonds is 11. The molecule has 4 N–H and O–H groups in total. The molecule has 2 amide bonds. The molecule has 2 aliphatic rings. The second-order valence-corrected chi connectivity index (χ2v) is 9.66. The number of allylic oxidation sites excluding steroid dienone is 2. The molecule has 1 aliphatic carbocycles. The number of carbonyl (C=O) groups is 2. The molecule has 4 atom stereocenters. The third-order valence-corrected chi connectivity index (χ3v) is 6.47. The van der Waals surface area contributed by atoms with E-state index in [1.807, 2.05) is 0 Å². The van der Waals surface area contributed by atoms with Crippen molar-refractivity contribution in [3.8, 4) is 0 Å². The molecule has 1 spiro atoms. The minimum Gasteiger partial charge on any atom is -0.443 e. The van der Waals surface area contributed by atoms with Crippen molar-refractivity contribution < 1.29 is 23.8 Å².